The SMILES string of the molecule is CC1NNC(C)C1S(=O)(=O)NCC(Cc1ccccc1)N1CCCCC1. The molecule has 0 bridgehead atoms. The van der Waals surface area contributed by atoms with Gasteiger partial charge in [-0.25, -0.2) is 13.1 Å². The molecule has 2 heterocycles. The van der Waals surface area contributed by atoms with Crippen molar-refractivity contribution in [2.75, 3.05) is 19.6 Å². The fourth-order valence-electron chi connectivity index (χ4n) is 4.21. The van der Waals surface area contributed by atoms with Crippen LogP contribution in [0.4, 0.5) is 0 Å². The monoisotopic (exact) mass is 380 g/mol. The lowest BCUT2D eigenvalue weighted by molar-refractivity contribution is 0.163. The van der Waals surface area contributed by atoms with Crippen LogP contribution in [0.1, 0.15) is 38.7 Å². The highest BCUT2D eigenvalue weighted by atomic mass is 32.2. The van der Waals surface area contributed by atoms with Gasteiger partial charge in [0.05, 0.1) is 0 Å². The zero-order chi connectivity index (χ0) is 18.6. The van der Waals surface area contributed by atoms with Crippen molar-refractivity contribution in [2.45, 2.75) is 62.9 Å². The van der Waals surface area contributed by atoms with Crippen LogP contribution in [0.3, 0.4) is 0 Å². The molecule has 0 aliphatic carbocycles. The summed E-state index contributed by atoms with van der Waals surface area (Å²) in [6, 6.07) is 10.3. The van der Waals surface area contributed by atoms with Crippen LogP contribution < -0.4 is 15.6 Å². The maximum Gasteiger partial charge on any atom is 0.217 e. The Kier molecular flexibility index (Phi) is 6.69. The first-order chi connectivity index (χ1) is 12.5. The highest BCUT2D eigenvalue weighted by Crippen LogP contribution is 2.18. The lowest BCUT2D eigenvalue weighted by atomic mass is 10.0. The number of hydrazine groups is 1. The van der Waals surface area contributed by atoms with Gasteiger partial charge in [-0.2, -0.15) is 0 Å². The summed E-state index contributed by atoms with van der Waals surface area (Å²) in [6.07, 6.45) is 4.54. The zero-order valence-corrected chi connectivity index (χ0v) is 16.6. The first-order valence-corrected chi connectivity index (χ1v) is 11.3. The predicted octanol–water partition coefficient (Wildman–Crippen LogP) is 1.26. The number of rotatable bonds is 7. The van der Waals surface area contributed by atoms with E-state index in [1.165, 1.54) is 24.8 Å². The van der Waals surface area contributed by atoms with Gasteiger partial charge in [-0.1, -0.05) is 36.8 Å². The molecule has 2 aliphatic rings. The summed E-state index contributed by atoms with van der Waals surface area (Å²) in [5.74, 6) is 0. The van der Waals surface area contributed by atoms with Crippen molar-refractivity contribution in [3.05, 3.63) is 35.9 Å². The van der Waals surface area contributed by atoms with Gasteiger partial charge in [0.1, 0.15) is 5.25 Å². The van der Waals surface area contributed by atoms with E-state index >= 15 is 0 Å². The van der Waals surface area contributed by atoms with Gasteiger partial charge in [0.2, 0.25) is 10.0 Å². The van der Waals surface area contributed by atoms with Gasteiger partial charge in [0.25, 0.3) is 0 Å². The zero-order valence-electron chi connectivity index (χ0n) is 15.8. The minimum Gasteiger partial charge on any atom is -0.299 e. The molecule has 0 radical (unpaired) electrons. The maximum absolute atomic E-state index is 12.9. The molecule has 1 aromatic carbocycles. The summed E-state index contributed by atoms with van der Waals surface area (Å²) in [5, 5.41) is -0.457. The Bertz CT molecular complexity index is 651. The third kappa shape index (κ3) is 4.84. The highest BCUT2D eigenvalue weighted by molar-refractivity contribution is 7.90. The number of nitrogens with one attached hydrogen (secondary N) is 3. The van der Waals surface area contributed by atoms with Gasteiger partial charge < -0.3 is 0 Å². The number of hydrogen-bond donors (Lipinski definition) is 3. The number of likely N-dealkylation sites (tertiary alicyclic amines) is 1. The van der Waals surface area contributed by atoms with Crippen molar-refractivity contribution in [3.8, 4) is 0 Å². The smallest absolute Gasteiger partial charge is 0.217 e. The van der Waals surface area contributed by atoms with Crippen LogP contribution in [-0.4, -0.2) is 56.3 Å². The van der Waals surface area contributed by atoms with Crippen molar-refractivity contribution >= 4 is 10.0 Å². The van der Waals surface area contributed by atoms with Crippen molar-refractivity contribution in [1.29, 1.82) is 0 Å². The Morgan fingerprint density at radius 3 is 2.31 bits per heavy atom. The van der Waals surface area contributed by atoms with Crippen LogP contribution in [-0.2, 0) is 16.4 Å². The van der Waals surface area contributed by atoms with Gasteiger partial charge in [-0.3, -0.25) is 15.8 Å². The second-order valence-electron chi connectivity index (χ2n) is 7.66. The Morgan fingerprint density at radius 1 is 1.08 bits per heavy atom. The molecule has 0 amide bonds. The van der Waals surface area contributed by atoms with E-state index in [2.05, 4.69) is 32.6 Å². The van der Waals surface area contributed by atoms with Crippen LogP contribution >= 0.6 is 0 Å². The Hall–Kier alpha value is -0.990. The third-order valence-electron chi connectivity index (χ3n) is 5.62. The van der Waals surface area contributed by atoms with Crippen molar-refractivity contribution in [1.82, 2.24) is 20.5 Å². The lowest BCUT2D eigenvalue weighted by Crippen LogP contribution is -2.51. The third-order valence-corrected chi connectivity index (χ3v) is 7.73. The molecule has 2 fully saturated rings. The topological polar surface area (TPSA) is 73.5 Å². The van der Waals surface area contributed by atoms with E-state index in [9.17, 15) is 8.42 Å². The number of benzene rings is 1. The van der Waals surface area contributed by atoms with E-state index in [0.717, 1.165) is 19.5 Å². The normalized spacial score (nSPS) is 28.9. The van der Waals surface area contributed by atoms with Crippen LogP contribution in [0.25, 0.3) is 0 Å². The first kappa shape index (κ1) is 19.8. The van der Waals surface area contributed by atoms with E-state index in [4.69, 9.17) is 0 Å². The predicted molar refractivity (Wildman–Crippen MR) is 105 cm³/mol. The summed E-state index contributed by atoms with van der Waals surface area (Å²) < 4.78 is 28.7. The second kappa shape index (κ2) is 8.80. The largest absolute Gasteiger partial charge is 0.299 e. The number of piperidine rings is 1. The van der Waals surface area contributed by atoms with Crippen LogP contribution in [0.15, 0.2) is 30.3 Å². The quantitative estimate of drug-likeness (QED) is 0.664. The van der Waals surface area contributed by atoms with Crippen LogP contribution in [0.5, 0.6) is 0 Å². The number of nitrogens with zero attached hydrogens (tertiary/aromatic N) is 1. The van der Waals surface area contributed by atoms with Gasteiger partial charge >= 0.3 is 0 Å². The molecule has 3 N–H and O–H groups in total. The average Bonchev–Trinajstić information content (AvgIpc) is 2.99. The minimum absolute atomic E-state index is 0.106. The molecule has 0 spiro atoms. The van der Waals surface area contributed by atoms with Gasteiger partial charge in [0.15, 0.2) is 0 Å². The molecular weight excluding hydrogens is 348 g/mol. The van der Waals surface area contributed by atoms with Crippen LogP contribution in [0, 0.1) is 0 Å². The van der Waals surface area contributed by atoms with Crippen molar-refractivity contribution < 1.29 is 8.42 Å². The number of sulfonamides is 1. The van der Waals surface area contributed by atoms with E-state index in [0.29, 0.717) is 6.54 Å². The molecule has 2 saturated heterocycles. The van der Waals surface area contributed by atoms with Gasteiger partial charge in [-0.15, -0.1) is 0 Å². The number of hydrogen-bond acceptors (Lipinski definition) is 5. The van der Waals surface area contributed by atoms with Gasteiger partial charge in [-0.05, 0) is 51.8 Å². The standard InChI is InChI=1S/C19H32N4O2S/c1-15-19(16(2)22-21-15)26(24,25)20-14-18(23-11-7-4-8-12-23)13-17-9-5-3-6-10-17/h3,5-6,9-10,15-16,18-22H,4,7-8,11-14H2,1-2H3. The van der Waals surface area contributed by atoms with Crippen molar-refractivity contribution in [3.63, 3.8) is 0 Å². The summed E-state index contributed by atoms with van der Waals surface area (Å²) in [5.41, 5.74) is 7.33. The first-order valence-electron chi connectivity index (χ1n) is 9.75. The molecule has 3 atom stereocenters. The molecule has 26 heavy (non-hydrogen) atoms. The van der Waals surface area contributed by atoms with E-state index < -0.39 is 15.3 Å². The summed E-state index contributed by atoms with van der Waals surface area (Å²) in [4.78, 5) is 2.46. The second-order valence-corrected chi connectivity index (χ2v) is 9.59. The fraction of sp³-hybridized carbons (Fsp3) is 0.684. The summed E-state index contributed by atoms with van der Waals surface area (Å²) in [7, 11) is -3.39. The minimum atomic E-state index is -3.39. The van der Waals surface area contributed by atoms with Crippen LogP contribution in [0.2, 0.25) is 0 Å². The van der Waals surface area contributed by atoms with Crippen molar-refractivity contribution in [2.24, 2.45) is 0 Å². The van der Waals surface area contributed by atoms with E-state index in [1.807, 2.05) is 32.0 Å². The van der Waals surface area contributed by atoms with E-state index in [1.54, 1.807) is 0 Å². The Labute approximate surface area is 157 Å². The Balaban J connectivity index is 1.68. The van der Waals surface area contributed by atoms with Gasteiger partial charge in [0, 0.05) is 24.7 Å². The van der Waals surface area contributed by atoms with E-state index in [-0.39, 0.29) is 18.1 Å². The highest BCUT2D eigenvalue weighted by Gasteiger charge is 2.40. The molecule has 3 rings (SSSR count). The molecule has 6 nitrogen and oxygen atoms in total. The molecular formula is C19H32N4O2S. The summed E-state index contributed by atoms with van der Waals surface area (Å²) in [6.45, 7) is 6.39. The molecule has 0 aromatic heterocycles. The molecule has 3 unspecified atom stereocenters. The molecule has 7 heteroatoms. The Morgan fingerprint density at radius 2 is 1.69 bits per heavy atom. The molecule has 146 valence electrons. The molecule has 2 aliphatic heterocycles. The fourth-order valence-corrected chi connectivity index (χ4v) is 6.03. The maximum atomic E-state index is 12.9. The molecule has 0 saturated carbocycles. The molecule has 1 aromatic rings. The summed E-state index contributed by atoms with van der Waals surface area (Å²) >= 11 is 0. The average molecular weight is 381 g/mol. The lowest BCUT2D eigenvalue weighted by Gasteiger charge is -2.35.